The molecule has 0 aromatic rings. The van der Waals surface area contributed by atoms with E-state index in [1.165, 1.54) is 0 Å². The molecular weight excluding hydrogens is 256 g/mol. The lowest BCUT2D eigenvalue weighted by atomic mass is 9.95. The van der Waals surface area contributed by atoms with E-state index in [0.717, 1.165) is 51.9 Å². The third-order valence-corrected chi connectivity index (χ3v) is 4.57. The Kier molecular flexibility index (Phi) is 5.41. The normalized spacial score (nSPS) is 23.8. The number of rotatable bonds is 8. The summed E-state index contributed by atoms with van der Waals surface area (Å²) >= 11 is 0. The number of carboxylic acid groups (broad SMARTS) is 1. The van der Waals surface area contributed by atoms with E-state index in [2.05, 4.69) is 17.3 Å². The van der Waals surface area contributed by atoms with Gasteiger partial charge in [-0.05, 0) is 59.0 Å². The lowest BCUT2D eigenvalue weighted by Crippen LogP contribution is -2.51. The first-order chi connectivity index (χ1) is 9.51. The van der Waals surface area contributed by atoms with Gasteiger partial charge in [0.2, 0.25) is 0 Å². The average Bonchev–Trinajstić information content (AvgIpc) is 3.23. The van der Waals surface area contributed by atoms with Gasteiger partial charge >= 0.3 is 5.97 Å². The molecule has 1 aliphatic heterocycles. The van der Waals surface area contributed by atoms with Crippen molar-refractivity contribution >= 4 is 5.97 Å². The Balaban J connectivity index is 1.73. The van der Waals surface area contributed by atoms with Gasteiger partial charge in [-0.25, -0.2) is 0 Å². The topological polar surface area (TPSA) is 61.8 Å². The molecule has 2 rings (SSSR count). The molecule has 0 amide bonds. The monoisotopic (exact) mass is 284 g/mol. The fourth-order valence-corrected chi connectivity index (χ4v) is 2.91. The summed E-state index contributed by atoms with van der Waals surface area (Å²) < 4.78 is 5.38. The van der Waals surface area contributed by atoms with E-state index in [1.807, 2.05) is 6.92 Å². The maximum Gasteiger partial charge on any atom is 0.323 e. The summed E-state index contributed by atoms with van der Waals surface area (Å²) in [6.45, 7) is 4.48. The summed E-state index contributed by atoms with van der Waals surface area (Å²) in [4.78, 5) is 13.8. The number of ether oxygens (including phenoxy) is 1. The van der Waals surface area contributed by atoms with Crippen LogP contribution in [0.2, 0.25) is 0 Å². The van der Waals surface area contributed by atoms with Crippen molar-refractivity contribution in [2.45, 2.75) is 63.1 Å². The van der Waals surface area contributed by atoms with Crippen molar-refractivity contribution in [2.24, 2.45) is 0 Å². The van der Waals surface area contributed by atoms with Gasteiger partial charge in [0, 0.05) is 25.3 Å². The van der Waals surface area contributed by atoms with Crippen molar-refractivity contribution in [3.8, 4) is 0 Å². The Labute approximate surface area is 121 Å². The minimum atomic E-state index is -0.766. The van der Waals surface area contributed by atoms with Gasteiger partial charge in [0.25, 0.3) is 0 Å². The molecule has 2 N–H and O–H groups in total. The zero-order chi connectivity index (χ0) is 14.6. The largest absolute Gasteiger partial charge is 0.480 e. The van der Waals surface area contributed by atoms with Crippen molar-refractivity contribution in [3.63, 3.8) is 0 Å². The van der Waals surface area contributed by atoms with Gasteiger partial charge in [0.15, 0.2) is 0 Å². The Morgan fingerprint density at radius 2 is 2.00 bits per heavy atom. The highest BCUT2D eigenvalue weighted by atomic mass is 16.5. The van der Waals surface area contributed by atoms with E-state index in [-0.39, 0.29) is 0 Å². The average molecular weight is 284 g/mol. The van der Waals surface area contributed by atoms with E-state index >= 15 is 0 Å². The molecule has 5 nitrogen and oxygen atoms in total. The SMILES string of the molecule is CN(CCCC(C)(NC1CC1)C(=O)O)C1CCOCC1. The molecule has 0 radical (unpaired) electrons. The molecule has 0 aromatic heterocycles. The first-order valence-electron chi connectivity index (χ1n) is 7.80. The van der Waals surface area contributed by atoms with Gasteiger partial charge in [-0.3, -0.25) is 10.1 Å². The quantitative estimate of drug-likeness (QED) is 0.707. The summed E-state index contributed by atoms with van der Waals surface area (Å²) in [5, 5.41) is 12.7. The number of nitrogens with one attached hydrogen (secondary N) is 1. The molecular formula is C15H28N2O3. The van der Waals surface area contributed by atoms with E-state index in [0.29, 0.717) is 18.5 Å². The standard InChI is InChI=1S/C15H28N2O3/c1-15(14(18)19,16-12-4-5-12)8-3-9-17(2)13-6-10-20-11-7-13/h12-13,16H,3-11H2,1-2H3,(H,18,19). The van der Waals surface area contributed by atoms with Crippen molar-refractivity contribution in [1.29, 1.82) is 0 Å². The van der Waals surface area contributed by atoms with Crippen molar-refractivity contribution in [2.75, 3.05) is 26.8 Å². The molecule has 1 atom stereocenters. The van der Waals surface area contributed by atoms with Crippen molar-refractivity contribution in [3.05, 3.63) is 0 Å². The summed E-state index contributed by atoms with van der Waals surface area (Å²) in [6, 6.07) is 1.01. The van der Waals surface area contributed by atoms with Gasteiger partial charge in [-0.1, -0.05) is 0 Å². The van der Waals surface area contributed by atoms with Crippen LogP contribution in [0, 0.1) is 0 Å². The summed E-state index contributed by atoms with van der Waals surface area (Å²) in [5.41, 5.74) is -0.766. The smallest absolute Gasteiger partial charge is 0.323 e. The molecule has 0 aromatic carbocycles. The van der Waals surface area contributed by atoms with Crippen LogP contribution in [0.1, 0.15) is 45.4 Å². The first kappa shape index (κ1) is 15.7. The number of carbonyl (C=O) groups is 1. The van der Waals surface area contributed by atoms with Crippen LogP contribution in [-0.2, 0) is 9.53 Å². The van der Waals surface area contributed by atoms with Crippen LogP contribution < -0.4 is 5.32 Å². The number of nitrogens with zero attached hydrogens (tertiary/aromatic N) is 1. The van der Waals surface area contributed by atoms with Gasteiger partial charge in [-0.15, -0.1) is 0 Å². The van der Waals surface area contributed by atoms with Crippen LogP contribution >= 0.6 is 0 Å². The molecule has 2 fully saturated rings. The lowest BCUT2D eigenvalue weighted by molar-refractivity contribution is -0.144. The number of aliphatic carboxylic acids is 1. The Bertz CT molecular complexity index is 327. The third kappa shape index (κ3) is 4.43. The molecule has 0 spiro atoms. The second-order valence-electron chi connectivity index (χ2n) is 6.48. The minimum absolute atomic E-state index is 0.421. The Morgan fingerprint density at radius 1 is 1.35 bits per heavy atom. The van der Waals surface area contributed by atoms with Crippen LogP contribution in [0.15, 0.2) is 0 Å². The highest BCUT2D eigenvalue weighted by Crippen LogP contribution is 2.25. The molecule has 1 heterocycles. The summed E-state index contributed by atoms with van der Waals surface area (Å²) in [7, 11) is 2.14. The summed E-state index contributed by atoms with van der Waals surface area (Å²) in [5.74, 6) is -0.724. The first-order valence-corrected chi connectivity index (χ1v) is 7.80. The van der Waals surface area contributed by atoms with Gasteiger partial charge < -0.3 is 14.7 Å². The second-order valence-corrected chi connectivity index (χ2v) is 6.48. The van der Waals surface area contributed by atoms with Crippen molar-refractivity contribution < 1.29 is 14.6 Å². The fourth-order valence-electron chi connectivity index (χ4n) is 2.91. The molecule has 1 unspecified atom stereocenters. The van der Waals surface area contributed by atoms with Gasteiger partial charge in [0.1, 0.15) is 5.54 Å². The molecule has 20 heavy (non-hydrogen) atoms. The van der Waals surface area contributed by atoms with E-state index in [4.69, 9.17) is 4.74 Å². The number of hydrogen-bond acceptors (Lipinski definition) is 4. The van der Waals surface area contributed by atoms with Crippen LogP contribution in [0.5, 0.6) is 0 Å². The molecule has 116 valence electrons. The van der Waals surface area contributed by atoms with Crippen molar-refractivity contribution in [1.82, 2.24) is 10.2 Å². The number of carboxylic acids is 1. The maximum atomic E-state index is 11.5. The molecule has 2 aliphatic rings. The maximum absolute atomic E-state index is 11.5. The second kappa shape index (κ2) is 6.87. The predicted molar refractivity (Wildman–Crippen MR) is 77.9 cm³/mol. The lowest BCUT2D eigenvalue weighted by Gasteiger charge is -2.32. The fraction of sp³-hybridized carbons (Fsp3) is 0.933. The third-order valence-electron chi connectivity index (χ3n) is 4.57. The van der Waals surface area contributed by atoms with Gasteiger partial charge in [-0.2, -0.15) is 0 Å². The Hall–Kier alpha value is -0.650. The highest BCUT2D eigenvalue weighted by Gasteiger charge is 2.38. The van der Waals surface area contributed by atoms with E-state index < -0.39 is 11.5 Å². The molecule has 1 saturated carbocycles. The Morgan fingerprint density at radius 3 is 2.55 bits per heavy atom. The molecule has 0 bridgehead atoms. The van der Waals surface area contributed by atoms with Gasteiger partial charge in [0.05, 0.1) is 0 Å². The zero-order valence-electron chi connectivity index (χ0n) is 12.7. The zero-order valence-corrected chi connectivity index (χ0v) is 12.7. The molecule has 1 saturated heterocycles. The van der Waals surface area contributed by atoms with Crippen LogP contribution in [-0.4, -0.2) is 60.4 Å². The highest BCUT2D eigenvalue weighted by molar-refractivity contribution is 5.78. The van der Waals surface area contributed by atoms with Crippen LogP contribution in [0.25, 0.3) is 0 Å². The van der Waals surface area contributed by atoms with Crippen LogP contribution in [0.3, 0.4) is 0 Å². The predicted octanol–water partition coefficient (Wildman–Crippen LogP) is 1.47. The van der Waals surface area contributed by atoms with E-state index in [1.54, 1.807) is 0 Å². The summed E-state index contributed by atoms with van der Waals surface area (Å²) in [6.07, 6.45) is 6.01. The molecule has 5 heteroatoms. The minimum Gasteiger partial charge on any atom is -0.480 e. The number of hydrogen-bond donors (Lipinski definition) is 2. The van der Waals surface area contributed by atoms with E-state index in [9.17, 15) is 9.90 Å². The van der Waals surface area contributed by atoms with Crippen LogP contribution in [0.4, 0.5) is 0 Å². The molecule has 1 aliphatic carbocycles.